The molecule has 0 aliphatic carbocycles. The normalized spacial score (nSPS) is 15.2. The van der Waals surface area contributed by atoms with Gasteiger partial charge in [0.05, 0.1) is 22.4 Å². The van der Waals surface area contributed by atoms with E-state index in [1.807, 2.05) is 30.3 Å². The van der Waals surface area contributed by atoms with Crippen molar-refractivity contribution in [2.45, 2.75) is 53.6 Å². The third-order valence-electron chi connectivity index (χ3n) is 11.2. The zero-order chi connectivity index (χ0) is 52.7. The standard InChI is InChI=1S/C43H32N3O.C14H14N.Ir/c1-26-16-22-33-32-12-9-13-34(40(32)47-42(33)44-26)41-45-37-14-7-8-15-39(37)46(41)38-23-21-30(25-36(38)43(2,3)4)29-20-19-28-18-17-27-10-5-6-11-31(27)35(28)24-29;1-10-4-6-13(7-5-10)14-8-11(2)12(3)9-15-14;/h5-12,14-25H,1-4H3;4-6,8-9H,1-3H3;/q2*-1;/i1D3;1D3,2D3,3D3;. The number of aromatic nitrogens is 4. The molecule has 0 amide bonds. The minimum Gasteiger partial charge on any atom is -0.486 e. The molecule has 0 aliphatic rings. The first-order valence-electron chi connectivity index (χ1n) is 26.2. The van der Waals surface area contributed by atoms with Crippen LogP contribution in [0.15, 0.2) is 156 Å². The quantitative estimate of drug-likeness (QED) is 0.130. The Hall–Kier alpha value is -6.72. The van der Waals surface area contributed by atoms with E-state index in [0.29, 0.717) is 22.5 Å². The van der Waals surface area contributed by atoms with E-state index >= 15 is 0 Å². The number of furan rings is 1. The van der Waals surface area contributed by atoms with E-state index in [9.17, 15) is 0 Å². The summed E-state index contributed by atoms with van der Waals surface area (Å²) in [6, 6.07) is 53.1. The van der Waals surface area contributed by atoms with Crippen LogP contribution >= 0.6 is 0 Å². The maximum atomic E-state index is 7.86. The number of hydrogen-bond acceptors (Lipinski definition) is 4. The number of para-hydroxylation sites is 2. The molecular weight excluding hydrogens is 949 g/mol. The second-order valence-electron chi connectivity index (χ2n) is 16.3. The van der Waals surface area contributed by atoms with E-state index in [1.54, 1.807) is 12.1 Å². The number of hydrogen-bond donors (Lipinski definition) is 0. The third-order valence-corrected chi connectivity index (χ3v) is 11.2. The molecule has 0 N–H and O–H groups in total. The largest absolute Gasteiger partial charge is 0.486 e. The fourth-order valence-electron chi connectivity index (χ4n) is 8.11. The molecule has 11 rings (SSSR count). The number of rotatable bonds is 4. The fourth-order valence-corrected chi connectivity index (χ4v) is 8.11. The Morgan fingerprint density at radius 2 is 1.44 bits per heavy atom. The van der Waals surface area contributed by atoms with Crippen LogP contribution in [0.5, 0.6) is 0 Å². The summed E-state index contributed by atoms with van der Waals surface area (Å²) < 4.78 is 99.0. The molecule has 311 valence electrons. The molecule has 6 heteroatoms. The van der Waals surface area contributed by atoms with Crippen molar-refractivity contribution in [3.8, 4) is 39.5 Å². The van der Waals surface area contributed by atoms with Crippen molar-refractivity contribution >= 4 is 54.6 Å². The minimum atomic E-state index is -2.61. The van der Waals surface area contributed by atoms with Gasteiger partial charge in [-0.25, -0.2) is 4.98 Å². The maximum Gasteiger partial charge on any atom is 0.216 e. The van der Waals surface area contributed by atoms with Gasteiger partial charge >= 0.3 is 0 Å². The van der Waals surface area contributed by atoms with Crippen LogP contribution < -0.4 is 0 Å². The van der Waals surface area contributed by atoms with Crippen LogP contribution in [0.25, 0.3) is 94.1 Å². The van der Waals surface area contributed by atoms with Gasteiger partial charge in [-0.05, 0) is 118 Å². The SMILES string of the molecule is [2H]C([2H])([2H])c1c[c-]c(-c2cc(C([2H])([2H])[2H])c(C([2H])([2H])[2H])cn2)cc1.[2H]C([2H])([2H])c1ccc2c(n1)oc1c(-c3nc4ccccc4n3-c3ccc(-c4ccc5ccc6ccccc6c5c4)cc3C(C)(C)C)[c-]ccc12.[Ir]. The van der Waals surface area contributed by atoms with Gasteiger partial charge in [-0.3, -0.25) is 4.98 Å². The van der Waals surface area contributed by atoms with E-state index in [0.717, 1.165) is 50.4 Å². The Kier molecular flexibility index (Phi) is 7.75. The number of pyridine rings is 2. The predicted octanol–water partition coefficient (Wildman–Crippen LogP) is 14.8. The first kappa shape index (κ1) is 29.6. The van der Waals surface area contributed by atoms with Gasteiger partial charge in [0.25, 0.3) is 0 Å². The van der Waals surface area contributed by atoms with E-state index in [-0.39, 0.29) is 59.3 Å². The second-order valence-corrected chi connectivity index (χ2v) is 16.3. The number of nitrogens with zero attached hydrogens (tertiary/aromatic N) is 4. The minimum absolute atomic E-state index is 0. The summed E-state index contributed by atoms with van der Waals surface area (Å²) in [4.78, 5) is 13.6. The average molecular weight is 1010 g/mol. The van der Waals surface area contributed by atoms with Crippen molar-refractivity contribution in [1.82, 2.24) is 19.5 Å². The Labute approximate surface area is 398 Å². The van der Waals surface area contributed by atoms with E-state index in [4.69, 9.17) is 25.9 Å². The van der Waals surface area contributed by atoms with E-state index < -0.39 is 27.4 Å². The molecule has 4 aromatic heterocycles. The van der Waals surface area contributed by atoms with Gasteiger partial charge in [0.15, 0.2) is 0 Å². The summed E-state index contributed by atoms with van der Waals surface area (Å²) >= 11 is 0. The van der Waals surface area contributed by atoms with Gasteiger partial charge in [-0.2, -0.15) is 0 Å². The fraction of sp³-hybridized carbons (Fsp3) is 0.140. The summed E-state index contributed by atoms with van der Waals surface area (Å²) in [5.74, 6) is 0.683. The molecule has 7 aromatic carbocycles. The van der Waals surface area contributed by atoms with Crippen molar-refractivity contribution in [2.75, 3.05) is 0 Å². The summed E-state index contributed by atoms with van der Waals surface area (Å²) in [6.45, 7) is -3.10. The molecule has 0 aliphatic heterocycles. The number of imidazole rings is 1. The van der Waals surface area contributed by atoms with Gasteiger partial charge in [0.2, 0.25) is 5.71 Å². The number of benzene rings is 7. The van der Waals surface area contributed by atoms with Crippen molar-refractivity contribution in [3.63, 3.8) is 0 Å². The summed E-state index contributed by atoms with van der Waals surface area (Å²) in [6.07, 6.45) is 1.02. The number of aryl methyl sites for hydroxylation is 4. The van der Waals surface area contributed by atoms with Gasteiger partial charge in [-0.15, -0.1) is 53.6 Å². The average Bonchev–Trinajstić information content (AvgIpc) is 3.93. The summed E-state index contributed by atoms with van der Waals surface area (Å²) in [7, 11) is 0. The molecule has 0 saturated heterocycles. The van der Waals surface area contributed by atoms with Crippen molar-refractivity contribution in [3.05, 3.63) is 192 Å². The Bertz CT molecular complexity index is 3960. The van der Waals surface area contributed by atoms with E-state index in [1.165, 1.54) is 45.8 Å². The molecule has 4 heterocycles. The first-order chi connectivity index (χ1) is 34.8. The Morgan fingerprint density at radius 3 is 2.25 bits per heavy atom. The summed E-state index contributed by atoms with van der Waals surface area (Å²) in [5, 5.41) is 6.50. The molecule has 1 radical (unpaired) electrons. The predicted molar refractivity (Wildman–Crippen MR) is 257 cm³/mol. The van der Waals surface area contributed by atoms with Gasteiger partial charge < -0.3 is 14.0 Å². The van der Waals surface area contributed by atoms with Crippen molar-refractivity contribution < 1.29 is 41.0 Å². The first-order valence-corrected chi connectivity index (χ1v) is 20.2. The molecule has 11 aromatic rings. The molecule has 0 unspecified atom stereocenters. The maximum absolute atomic E-state index is 7.86. The summed E-state index contributed by atoms with van der Waals surface area (Å²) in [5.41, 5.74) is 7.64. The molecule has 5 nitrogen and oxygen atoms in total. The van der Waals surface area contributed by atoms with Crippen LogP contribution in [-0.2, 0) is 25.5 Å². The van der Waals surface area contributed by atoms with Crippen molar-refractivity contribution in [2.24, 2.45) is 0 Å². The second kappa shape index (κ2) is 16.5. The Morgan fingerprint density at radius 1 is 0.651 bits per heavy atom. The number of fused-ring (bicyclic) bond motifs is 7. The molecule has 63 heavy (non-hydrogen) atoms. The van der Waals surface area contributed by atoms with Crippen LogP contribution in [-0.4, -0.2) is 19.5 Å². The smallest absolute Gasteiger partial charge is 0.216 e. The molecule has 0 fully saturated rings. The topological polar surface area (TPSA) is 56.7 Å². The van der Waals surface area contributed by atoms with Crippen LogP contribution in [0.3, 0.4) is 0 Å². The zero-order valence-electron chi connectivity index (χ0n) is 46.5. The molecule has 0 spiro atoms. The molecule has 0 saturated carbocycles. The van der Waals surface area contributed by atoms with Gasteiger partial charge in [-0.1, -0.05) is 117 Å². The zero-order valence-corrected chi connectivity index (χ0v) is 36.9. The van der Waals surface area contributed by atoms with Crippen LogP contribution in [0, 0.1) is 39.5 Å². The van der Waals surface area contributed by atoms with Gasteiger partial charge in [0.1, 0.15) is 0 Å². The van der Waals surface area contributed by atoms with Gasteiger partial charge in [0, 0.05) is 59.5 Å². The molecular formula is C57H46IrN4O-2. The van der Waals surface area contributed by atoms with Crippen LogP contribution in [0.2, 0.25) is 0 Å². The molecule has 0 atom stereocenters. The monoisotopic (exact) mass is 1010 g/mol. The van der Waals surface area contributed by atoms with Crippen molar-refractivity contribution in [1.29, 1.82) is 0 Å². The Balaban J connectivity index is 0.000000233. The van der Waals surface area contributed by atoms with Crippen LogP contribution in [0.1, 0.15) is 65.2 Å². The molecule has 0 bridgehead atoms. The third kappa shape index (κ3) is 7.75. The van der Waals surface area contributed by atoms with Crippen LogP contribution in [0.4, 0.5) is 0 Å². The van der Waals surface area contributed by atoms with E-state index in [2.05, 4.69) is 126 Å².